The van der Waals surface area contributed by atoms with Crippen LogP contribution in [0, 0.1) is 0 Å². The van der Waals surface area contributed by atoms with Crippen molar-refractivity contribution < 1.29 is 19.8 Å². The third-order valence-electron chi connectivity index (χ3n) is 1.52. The lowest BCUT2D eigenvalue weighted by Gasteiger charge is -2.07. The SMILES string of the molecule is C=C(CCC(=O)O)CC(N)C(=O)O. The highest BCUT2D eigenvalue weighted by atomic mass is 16.4. The highest BCUT2D eigenvalue weighted by molar-refractivity contribution is 5.73. The molecular weight excluding hydrogens is 174 g/mol. The molecule has 13 heavy (non-hydrogen) atoms. The fourth-order valence-electron chi connectivity index (χ4n) is 0.784. The minimum atomic E-state index is -1.10. The highest BCUT2D eigenvalue weighted by Crippen LogP contribution is 2.09. The third kappa shape index (κ3) is 5.86. The molecule has 5 heteroatoms. The van der Waals surface area contributed by atoms with Gasteiger partial charge in [0.05, 0.1) is 0 Å². The molecule has 0 radical (unpaired) electrons. The van der Waals surface area contributed by atoms with Crippen LogP contribution >= 0.6 is 0 Å². The van der Waals surface area contributed by atoms with Gasteiger partial charge in [-0.25, -0.2) is 0 Å². The Labute approximate surface area is 75.9 Å². The van der Waals surface area contributed by atoms with E-state index in [1.165, 1.54) is 0 Å². The molecule has 0 aliphatic heterocycles. The standard InChI is InChI=1S/C8H13NO4/c1-5(2-3-7(10)11)4-6(9)8(12)13/h6H,1-4,9H2,(H,10,11)(H,12,13). The van der Waals surface area contributed by atoms with Gasteiger partial charge in [-0.2, -0.15) is 0 Å². The zero-order valence-corrected chi connectivity index (χ0v) is 7.19. The number of nitrogens with two attached hydrogens (primary N) is 1. The Hall–Kier alpha value is -1.36. The van der Waals surface area contributed by atoms with Crippen molar-refractivity contribution in [3.8, 4) is 0 Å². The average molecular weight is 187 g/mol. The Morgan fingerprint density at radius 2 is 1.85 bits per heavy atom. The molecule has 0 saturated heterocycles. The summed E-state index contributed by atoms with van der Waals surface area (Å²) in [5.74, 6) is -2.03. The molecule has 0 bridgehead atoms. The van der Waals surface area contributed by atoms with Crippen molar-refractivity contribution in [1.29, 1.82) is 0 Å². The van der Waals surface area contributed by atoms with E-state index in [4.69, 9.17) is 15.9 Å². The first-order valence-corrected chi connectivity index (χ1v) is 3.80. The van der Waals surface area contributed by atoms with Gasteiger partial charge in [-0.05, 0) is 12.8 Å². The summed E-state index contributed by atoms with van der Waals surface area (Å²) < 4.78 is 0. The molecular formula is C8H13NO4. The Kier molecular flexibility index (Phi) is 4.76. The van der Waals surface area contributed by atoms with Crippen LogP contribution in [0.3, 0.4) is 0 Å². The lowest BCUT2D eigenvalue weighted by molar-refractivity contribution is -0.138. The number of carboxylic acid groups (broad SMARTS) is 2. The van der Waals surface area contributed by atoms with Gasteiger partial charge in [-0.3, -0.25) is 9.59 Å². The van der Waals surface area contributed by atoms with Gasteiger partial charge in [0.1, 0.15) is 6.04 Å². The van der Waals surface area contributed by atoms with Crippen molar-refractivity contribution in [3.63, 3.8) is 0 Å². The predicted molar refractivity (Wildman–Crippen MR) is 46.2 cm³/mol. The van der Waals surface area contributed by atoms with Crippen LogP contribution < -0.4 is 5.73 Å². The molecule has 4 N–H and O–H groups in total. The maximum absolute atomic E-state index is 10.3. The maximum atomic E-state index is 10.3. The zero-order valence-electron chi connectivity index (χ0n) is 7.19. The number of hydrogen-bond donors (Lipinski definition) is 3. The molecule has 0 aromatic carbocycles. The first kappa shape index (κ1) is 11.6. The number of carbonyl (C=O) groups is 2. The van der Waals surface area contributed by atoms with Gasteiger partial charge >= 0.3 is 11.9 Å². The molecule has 0 rings (SSSR count). The highest BCUT2D eigenvalue weighted by Gasteiger charge is 2.12. The summed E-state index contributed by atoms with van der Waals surface area (Å²) in [6.07, 6.45) is 0.365. The molecule has 0 aromatic heterocycles. The van der Waals surface area contributed by atoms with Crippen LogP contribution in [0.2, 0.25) is 0 Å². The lowest BCUT2D eigenvalue weighted by atomic mass is 10.0. The summed E-state index contributed by atoms with van der Waals surface area (Å²) in [5, 5.41) is 16.7. The molecule has 74 valence electrons. The second-order valence-corrected chi connectivity index (χ2v) is 2.79. The van der Waals surface area contributed by atoms with E-state index in [2.05, 4.69) is 6.58 Å². The van der Waals surface area contributed by atoms with Crippen molar-refractivity contribution >= 4 is 11.9 Å². The van der Waals surface area contributed by atoms with E-state index >= 15 is 0 Å². The smallest absolute Gasteiger partial charge is 0.320 e. The number of hydrogen-bond acceptors (Lipinski definition) is 3. The number of aliphatic carboxylic acids is 2. The van der Waals surface area contributed by atoms with Crippen molar-refractivity contribution in [2.24, 2.45) is 5.73 Å². The summed E-state index contributed by atoms with van der Waals surface area (Å²) in [6, 6.07) is -0.985. The second-order valence-electron chi connectivity index (χ2n) is 2.79. The first-order chi connectivity index (χ1) is 5.93. The van der Waals surface area contributed by atoms with Crippen LogP contribution in [0.15, 0.2) is 12.2 Å². The summed E-state index contributed by atoms with van der Waals surface area (Å²) in [6.45, 7) is 3.54. The van der Waals surface area contributed by atoms with Crippen molar-refractivity contribution in [1.82, 2.24) is 0 Å². The van der Waals surface area contributed by atoms with E-state index in [0.29, 0.717) is 5.57 Å². The molecule has 0 heterocycles. The molecule has 0 fully saturated rings. The minimum absolute atomic E-state index is 0.0365. The fraction of sp³-hybridized carbons (Fsp3) is 0.500. The van der Waals surface area contributed by atoms with Gasteiger partial charge < -0.3 is 15.9 Å². The van der Waals surface area contributed by atoms with Crippen LogP contribution in [0.1, 0.15) is 19.3 Å². The summed E-state index contributed by atoms with van der Waals surface area (Å²) in [7, 11) is 0. The lowest BCUT2D eigenvalue weighted by Crippen LogP contribution is -2.30. The van der Waals surface area contributed by atoms with Gasteiger partial charge in [0.2, 0.25) is 0 Å². The van der Waals surface area contributed by atoms with E-state index in [9.17, 15) is 9.59 Å². The zero-order chi connectivity index (χ0) is 10.4. The van der Waals surface area contributed by atoms with E-state index in [-0.39, 0.29) is 19.3 Å². The van der Waals surface area contributed by atoms with E-state index in [1.807, 2.05) is 0 Å². The quantitative estimate of drug-likeness (QED) is 0.516. The fourth-order valence-corrected chi connectivity index (χ4v) is 0.784. The predicted octanol–water partition coefficient (Wildman–Crippen LogP) is 0.209. The van der Waals surface area contributed by atoms with Gasteiger partial charge in [-0.15, -0.1) is 0 Å². The number of rotatable bonds is 6. The van der Waals surface area contributed by atoms with Gasteiger partial charge in [-0.1, -0.05) is 12.2 Å². The van der Waals surface area contributed by atoms with Crippen LogP contribution in [0.5, 0.6) is 0 Å². The van der Waals surface area contributed by atoms with Crippen LogP contribution in [-0.2, 0) is 9.59 Å². The molecule has 0 amide bonds. The summed E-state index contributed by atoms with van der Waals surface area (Å²) in [5.41, 5.74) is 5.77. The molecule has 0 aromatic rings. The Balaban J connectivity index is 3.74. The molecule has 0 aliphatic carbocycles. The van der Waals surface area contributed by atoms with Crippen molar-refractivity contribution in [2.45, 2.75) is 25.3 Å². The normalized spacial score (nSPS) is 12.1. The number of carboxylic acids is 2. The van der Waals surface area contributed by atoms with E-state index in [1.54, 1.807) is 0 Å². The molecule has 5 nitrogen and oxygen atoms in total. The van der Waals surface area contributed by atoms with Crippen LogP contribution in [0.4, 0.5) is 0 Å². The monoisotopic (exact) mass is 187 g/mol. The average Bonchev–Trinajstić information content (AvgIpc) is 2.00. The van der Waals surface area contributed by atoms with Gasteiger partial charge in [0.15, 0.2) is 0 Å². The topological polar surface area (TPSA) is 101 Å². The third-order valence-corrected chi connectivity index (χ3v) is 1.52. The first-order valence-electron chi connectivity index (χ1n) is 3.80. The van der Waals surface area contributed by atoms with Crippen LogP contribution in [-0.4, -0.2) is 28.2 Å². The van der Waals surface area contributed by atoms with Gasteiger partial charge in [0.25, 0.3) is 0 Å². The molecule has 1 unspecified atom stereocenters. The second kappa shape index (κ2) is 5.31. The minimum Gasteiger partial charge on any atom is -0.481 e. The van der Waals surface area contributed by atoms with E-state index in [0.717, 1.165) is 0 Å². The summed E-state index contributed by atoms with van der Waals surface area (Å²) >= 11 is 0. The maximum Gasteiger partial charge on any atom is 0.320 e. The molecule has 1 atom stereocenters. The van der Waals surface area contributed by atoms with E-state index < -0.39 is 18.0 Å². The Morgan fingerprint density at radius 1 is 1.31 bits per heavy atom. The van der Waals surface area contributed by atoms with Crippen molar-refractivity contribution in [2.75, 3.05) is 0 Å². The van der Waals surface area contributed by atoms with Gasteiger partial charge in [0, 0.05) is 6.42 Å². The molecule has 0 aliphatic rings. The molecule has 0 saturated carbocycles. The Bertz CT molecular complexity index is 224. The molecule has 0 spiro atoms. The Morgan fingerprint density at radius 3 is 2.23 bits per heavy atom. The van der Waals surface area contributed by atoms with Crippen LogP contribution in [0.25, 0.3) is 0 Å². The van der Waals surface area contributed by atoms with Crippen molar-refractivity contribution in [3.05, 3.63) is 12.2 Å². The largest absolute Gasteiger partial charge is 0.481 e. The summed E-state index contributed by atoms with van der Waals surface area (Å²) in [4.78, 5) is 20.4.